The molecule has 2 saturated carbocycles. The number of nitrogens with zero attached hydrogens (tertiary/aromatic N) is 2. The first-order valence-corrected chi connectivity index (χ1v) is 6.87. The molecule has 0 aromatic carbocycles. The van der Waals surface area contributed by atoms with Crippen molar-refractivity contribution in [2.45, 2.75) is 38.5 Å². The van der Waals surface area contributed by atoms with E-state index >= 15 is 0 Å². The van der Waals surface area contributed by atoms with Crippen LogP contribution in [-0.4, -0.2) is 28.2 Å². The van der Waals surface area contributed by atoms with Crippen molar-refractivity contribution in [3.05, 3.63) is 11.4 Å². The SMILES string of the molecule is Cc1c(NN)nc(C2CC2)nc1NCC1(CO)CC1. The van der Waals surface area contributed by atoms with E-state index in [4.69, 9.17) is 5.84 Å². The number of aliphatic hydroxyl groups is 1. The van der Waals surface area contributed by atoms with E-state index in [1.54, 1.807) is 0 Å². The summed E-state index contributed by atoms with van der Waals surface area (Å²) in [4.78, 5) is 9.07. The first-order chi connectivity index (χ1) is 9.17. The van der Waals surface area contributed by atoms with Gasteiger partial charge >= 0.3 is 0 Å². The minimum atomic E-state index is 0.0629. The van der Waals surface area contributed by atoms with Crippen LogP contribution in [0.2, 0.25) is 0 Å². The predicted octanol–water partition coefficient (Wildman–Crippen LogP) is 1.13. The van der Waals surface area contributed by atoms with Gasteiger partial charge in [-0.1, -0.05) is 0 Å². The van der Waals surface area contributed by atoms with Gasteiger partial charge in [0, 0.05) is 23.4 Å². The maximum Gasteiger partial charge on any atom is 0.148 e. The Labute approximate surface area is 112 Å². The minimum Gasteiger partial charge on any atom is -0.396 e. The van der Waals surface area contributed by atoms with Crippen molar-refractivity contribution in [1.29, 1.82) is 0 Å². The van der Waals surface area contributed by atoms with E-state index in [1.807, 2.05) is 6.92 Å². The summed E-state index contributed by atoms with van der Waals surface area (Å²) in [7, 11) is 0. The molecule has 1 heterocycles. The number of anilines is 2. The molecule has 0 bridgehead atoms. The number of nitrogens with two attached hydrogens (primary N) is 1. The summed E-state index contributed by atoms with van der Waals surface area (Å²) in [6.07, 6.45) is 4.48. The lowest BCUT2D eigenvalue weighted by atomic mass is 10.1. The van der Waals surface area contributed by atoms with Gasteiger partial charge in [0.25, 0.3) is 0 Å². The molecule has 0 unspecified atom stereocenters. The van der Waals surface area contributed by atoms with Crippen molar-refractivity contribution >= 4 is 11.6 Å². The largest absolute Gasteiger partial charge is 0.396 e. The van der Waals surface area contributed by atoms with E-state index in [9.17, 15) is 5.11 Å². The number of hydrogen-bond acceptors (Lipinski definition) is 6. The summed E-state index contributed by atoms with van der Waals surface area (Å²) >= 11 is 0. The smallest absolute Gasteiger partial charge is 0.148 e. The lowest BCUT2D eigenvalue weighted by molar-refractivity contribution is 0.219. The Bertz CT molecular complexity index is 482. The summed E-state index contributed by atoms with van der Waals surface area (Å²) in [6.45, 7) is 2.95. The maximum absolute atomic E-state index is 9.35. The van der Waals surface area contributed by atoms with Gasteiger partial charge in [-0.2, -0.15) is 0 Å². The molecule has 0 radical (unpaired) electrons. The molecule has 0 aliphatic heterocycles. The molecular formula is C13H21N5O. The molecule has 6 heteroatoms. The average Bonchev–Trinajstić information content (AvgIpc) is 3.30. The van der Waals surface area contributed by atoms with Crippen LogP contribution in [0.15, 0.2) is 0 Å². The van der Waals surface area contributed by atoms with E-state index in [0.29, 0.717) is 11.7 Å². The van der Waals surface area contributed by atoms with Gasteiger partial charge in [-0.3, -0.25) is 0 Å². The second-order valence-corrected chi connectivity index (χ2v) is 5.83. The van der Waals surface area contributed by atoms with E-state index in [0.717, 1.165) is 49.4 Å². The Morgan fingerprint density at radius 3 is 2.53 bits per heavy atom. The van der Waals surface area contributed by atoms with Crippen LogP contribution < -0.4 is 16.6 Å². The number of aliphatic hydroxyl groups excluding tert-OH is 1. The van der Waals surface area contributed by atoms with Crippen LogP contribution >= 0.6 is 0 Å². The third-order valence-electron chi connectivity index (χ3n) is 4.17. The second-order valence-electron chi connectivity index (χ2n) is 5.83. The summed E-state index contributed by atoms with van der Waals surface area (Å²) in [5.74, 6) is 8.40. The standard InChI is InChI=1S/C13H21N5O/c1-8-10(15-6-13(7-19)4-5-13)16-12(9-2-3-9)17-11(8)18-14/h9,19H,2-7,14H2,1H3,(H2,15,16,17,18). The van der Waals surface area contributed by atoms with Crippen molar-refractivity contribution < 1.29 is 5.11 Å². The highest BCUT2D eigenvalue weighted by atomic mass is 16.3. The number of rotatable bonds is 6. The molecule has 0 spiro atoms. The van der Waals surface area contributed by atoms with Gasteiger partial charge in [0.2, 0.25) is 0 Å². The number of hydrazine groups is 1. The zero-order valence-electron chi connectivity index (χ0n) is 11.2. The Balaban J connectivity index is 1.80. The van der Waals surface area contributed by atoms with Gasteiger partial charge in [-0.25, -0.2) is 15.8 Å². The Hall–Kier alpha value is -1.40. The molecule has 3 rings (SSSR count). The first kappa shape index (κ1) is 12.6. The zero-order valence-corrected chi connectivity index (χ0v) is 11.2. The molecule has 2 fully saturated rings. The highest BCUT2D eigenvalue weighted by Gasteiger charge is 2.42. The van der Waals surface area contributed by atoms with Crippen molar-refractivity contribution in [2.24, 2.45) is 11.3 Å². The summed E-state index contributed by atoms with van der Waals surface area (Å²) in [5, 5.41) is 12.7. The Kier molecular flexibility index (Phi) is 3.06. The van der Waals surface area contributed by atoms with Gasteiger partial charge in [-0.15, -0.1) is 0 Å². The van der Waals surface area contributed by atoms with E-state index in [1.165, 1.54) is 0 Å². The van der Waals surface area contributed by atoms with E-state index in [2.05, 4.69) is 20.7 Å². The Morgan fingerprint density at radius 1 is 1.32 bits per heavy atom. The molecule has 0 atom stereocenters. The van der Waals surface area contributed by atoms with E-state index in [-0.39, 0.29) is 12.0 Å². The van der Waals surface area contributed by atoms with E-state index < -0.39 is 0 Å². The van der Waals surface area contributed by atoms with Crippen LogP contribution in [0.25, 0.3) is 0 Å². The van der Waals surface area contributed by atoms with Crippen LogP contribution in [0, 0.1) is 12.3 Å². The topological polar surface area (TPSA) is 96.1 Å². The Morgan fingerprint density at radius 2 is 2.00 bits per heavy atom. The minimum absolute atomic E-state index is 0.0629. The lowest BCUT2D eigenvalue weighted by Gasteiger charge is -2.17. The highest BCUT2D eigenvalue weighted by Crippen LogP contribution is 2.45. The van der Waals surface area contributed by atoms with Crippen molar-refractivity contribution in [3.8, 4) is 0 Å². The molecule has 2 aliphatic carbocycles. The van der Waals surface area contributed by atoms with Crippen molar-refractivity contribution in [3.63, 3.8) is 0 Å². The summed E-state index contributed by atoms with van der Waals surface area (Å²) < 4.78 is 0. The number of aromatic nitrogens is 2. The van der Waals surface area contributed by atoms with Gasteiger partial charge in [0.1, 0.15) is 17.5 Å². The zero-order chi connectivity index (χ0) is 13.5. The molecule has 6 nitrogen and oxygen atoms in total. The fourth-order valence-electron chi connectivity index (χ4n) is 2.21. The molecule has 19 heavy (non-hydrogen) atoms. The number of hydrogen-bond donors (Lipinski definition) is 4. The molecule has 104 valence electrons. The molecule has 5 N–H and O–H groups in total. The summed E-state index contributed by atoms with van der Waals surface area (Å²) in [5.41, 5.74) is 3.64. The molecule has 0 amide bonds. The monoisotopic (exact) mass is 263 g/mol. The van der Waals surface area contributed by atoms with Gasteiger partial charge < -0.3 is 15.8 Å². The van der Waals surface area contributed by atoms with Gasteiger partial charge in [-0.05, 0) is 32.6 Å². The van der Waals surface area contributed by atoms with Gasteiger partial charge in [0.15, 0.2) is 0 Å². The average molecular weight is 263 g/mol. The summed E-state index contributed by atoms with van der Waals surface area (Å²) in [6, 6.07) is 0. The predicted molar refractivity (Wildman–Crippen MR) is 73.8 cm³/mol. The van der Waals surface area contributed by atoms with Crippen LogP contribution in [0.4, 0.5) is 11.6 Å². The molecule has 2 aliphatic rings. The molecular weight excluding hydrogens is 242 g/mol. The van der Waals surface area contributed by atoms with Crippen molar-refractivity contribution in [1.82, 2.24) is 9.97 Å². The van der Waals surface area contributed by atoms with Gasteiger partial charge in [0.05, 0.1) is 6.61 Å². The number of nitrogens with one attached hydrogen (secondary N) is 2. The van der Waals surface area contributed by atoms with Crippen LogP contribution in [0.3, 0.4) is 0 Å². The third-order valence-corrected chi connectivity index (χ3v) is 4.17. The fraction of sp³-hybridized carbons (Fsp3) is 0.692. The maximum atomic E-state index is 9.35. The molecule has 1 aromatic rings. The van der Waals surface area contributed by atoms with Crippen LogP contribution in [0.1, 0.15) is 43.0 Å². The second kappa shape index (κ2) is 4.61. The fourth-order valence-corrected chi connectivity index (χ4v) is 2.21. The lowest BCUT2D eigenvalue weighted by Crippen LogP contribution is -2.21. The van der Waals surface area contributed by atoms with Crippen LogP contribution in [0.5, 0.6) is 0 Å². The number of nitrogen functional groups attached to an aromatic ring is 1. The molecule has 0 saturated heterocycles. The first-order valence-electron chi connectivity index (χ1n) is 6.87. The highest BCUT2D eigenvalue weighted by molar-refractivity contribution is 5.57. The van der Waals surface area contributed by atoms with Crippen molar-refractivity contribution in [2.75, 3.05) is 23.9 Å². The normalized spacial score (nSPS) is 20.2. The van der Waals surface area contributed by atoms with Crippen LogP contribution in [-0.2, 0) is 0 Å². The molecule has 1 aromatic heterocycles. The quantitative estimate of drug-likeness (QED) is 0.454. The third kappa shape index (κ3) is 2.50.